The van der Waals surface area contributed by atoms with E-state index in [1.807, 2.05) is 17.5 Å². The highest BCUT2D eigenvalue weighted by Gasteiger charge is 2.00. The zero-order valence-electron chi connectivity index (χ0n) is 5.53. The molecule has 0 aliphatic rings. The van der Waals surface area contributed by atoms with E-state index in [9.17, 15) is 0 Å². The molecule has 0 aliphatic heterocycles. The van der Waals surface area contributed by atoms with Crippen molar-refractivity contribution in [3.05, 3.63) is 17.3 Å². The SMILES string of the molecule is Cc1cn2c(N)cnc2s1. The highest BCUT2D eigenvalue weighted by atomic mass is 32.1. The van der Waals surface area contributed by atoms with E-state index in [4.69, 9.17) is 5.73 Å². The Morgan fingerprint density at radius 3 is 3.20 bits per heavy atom. The molecule has 2 aromatic rings. The topological polar surface area (TPSA) is 43.3 Å². The fourth-order valence-electron chi connectivity index (χ4n) is 0.914. The summed E-state index contributed by atoms with van der Waals surface area (Å²) in [7, 11) is 0. The lowest BCUT2D eigenvalue weighted by molar-refractivity contribution is 1.23. The smallest absolute Gasteiger partial charge is 0.195 e. The van der Waals surface area contributed by atoms with Crippen molar-refractivity contribution in [3.63, 3.8) is 0 Å². The summed E-state index contributed by atoms with van der Waals surface area (Å²) in [6, 6.07) is 0. The molecule has 2 aromatic heterocycles. The summed E-state index contributed by atoms with van der Waals surface area (Å²) in [6.07, 6.45) is 3.66. The maximum absolute atomic E-state index is 5.60. The van der Waals surface area contributed by atoms with Crippen LogP contribution < -0.4 is 5.73 Å². The van der Waals surface area contributed by atoms with Gasteiger partial charge >= 0.3 is 0 Å². The summed E-state index contributed by atoms with van der Waals surface area (Å²) in [6.45, 7) is 2.04. The Balaban J connectivity index is 2.90. The number of imidazole rings is 1. The van der Waals surface area contributed by atoms with Gasteiger partial charge in [0, 0.05) is 11.1 Å². The normalized spacial score (nSPS) is 10.9. The second-order valence-electron chi connectivity index (χ2n) is 2.18. The molecule has 0 saturated carbocycles. The fourth-order valence-corrected chi connectivity index (χ4v) is 1.72. The number of hydrogen-bond acceptors (Lipinski definition) is 3. The van der Waals surface area contributed by atoms with Crippen LogP contribution in [0, 0.1) is 6.92 Å². The summed E-state index contributed by atoms with van der Waals surface area (Å²) < 4.78 is 1.89. The largest absolute Gasteiger partial charge is 0.383 e. The molecule has 0 unspecified atom stereocenters. The second kappa shape index (κ2) is 1.73. The summed E-state index contributed by atoms with van der Waals surface area (Å²) >= 11 is 1.64. The first-order valence-electron chi connectivity index (χ1n) is 2.96. The van der Waals surface area contributed by atoms with Crippen molar-refractivity contribution in [3.8, 4) is 0 Å². The summed E-state index contributed by atoms with van der Waals surface area (Å²) in [4.78, 5) is 6.29. The monoisotopic (exact) mass is 153 g/mol. The van der Waals surface area contributed by atoms with Gasteiger partial charge in [-0.25, -0.2) is 4.98 Å². The molecule has 0 amide bonds. The van der Waals surface area contributed by atoms with E-state index in [1.165, 1.54) is 4.88 Å². The van der Waals surface area contributed by atoms with Gasteiger partial charge in [-0.2, -0.15) is 0 Å². The maximum Gasteiger partial charge on any atom is 0.195 e. The number of rotatable bonds is 0. The first-order valence-corrected chi connectivity index (χ1v) is 3.78. The van der Waals surface area contributed by atoms with Gasteiger partial charge in [0.15, 0.2) is 4.96 Å². The van der Waals surface area contributed by atoms with Gasteiger partial charge in [-0.3, -0.25) is 4.40 Å². The van der Waals surface area contributed by atoms with Gasteiger partial charge < -0.3 is 5.73 Å². The van der Waals surface area contributed by atoms with Crippen LogP contribution in [0.5, 0.6) is 0 Å². The Bertz CT molecular complexity index is 360. The Morgan fingerprint density at radius 2 is 2.50 bits per heavy atom. The first kappa shape index (κ1) is 5.73. The lowest BCUT2D eigenvalue weighted by atomic mass is 10.6. The zero-order chi connectivity index (χ0) is 7.14. The van der Waals surface area contributed by atoms with Crippen molar-refractivity contribution in [2.45, 2.75) is 6.92 Å². The fraction of sp³-hybridized carbons (Fsp3) is 0.167. The van der Waals surface area contributed by atoms with Crippen LogP contribution in [0.1, 0.15) is 4.88 Å². The molecule has 0 bridgehead atoms. The van der Waals surface area contributed by atoms with Crippen molar-refractivity contribution in [1.29, 1.82) is 0 Å². The van der Waals surface area contributed by atoms with Crippen LogP contribution in [-0.2, 0) is 0 Å². The van der Waals surface area contributed by atoms with Crippen LogP contribution >= 0.6 is 11.3 Å². The van der Waals surface area contributed by atoms with E-state index >= 15 is 0 Å². The Kier molecular flexibility index (Phi) is 0.990. The Labute approximate surface area is 62.1 Å². The predicted molar refractivity (Wildman–Crippen MR) is 42.2 cm³/mol. The van der Waals surface area contributed by atoms with Crippen molar-refractivity contribution in [2.24, 2.45) is 0 Å². The summed E-state index contributed by atoms with van der Waals surface area (Å²) in [5.41, 5.74) is 5.60. The van der Waals surface area contributed by atoms with E-state index in [0.717, 1.165) is 4.96 Å². The van der Waals surface area contributed by atoms with Crippen LogP contribution in [0.25, 0.3) is 4.96 Å². The highest BCUT2D eigenvalue weighted by Crippen LogP contribution is 2.17. The number of nitrogens with zero attached hydrogens (tertiary/aromatic N) is 2. The predicted octanol–water partition coefficient (Wildman–Crippen LogP) is 1.29. The minimum Gasteiger partial charge on any atom is -0.383 e. The molecule has 2 rings (SSSR count). The van der Waals surface area contributed by atoms with Crippen LogP contribution in [-0.4, -0.2) is 9.38 Å². The third-order valence-electron chi connectivity index (χ3n) is 1.35. The highest BCUT2D eigenvalue weighted by molar-refractivity contribution is 7.17. The molecule has 2 N–H and O–H groups in total. The van der Waals surface area contributed by atoms with Crippen molar-refractivity contribution < 1.29 is 0 Å². The lowest BCUT2D eigenvalue weighted by Gasteiger charge is -1.83. The maximum atomic E-state index is 5.60. The van der Waals surface area contributed by atoms with Gasteiger partial charge in [-0.05, 0) is 6.92 Å². The Morgan fingerprint density at radius 1 is 1.70 bits per heavy atom. The number of anilines is 1. The van der Waals surface area contributed by atoms with Gasteiger partial charge in [-0.1, -0.05) is 0 Å². The second-order valence-corrected chi connectivity index (χ2v) is 3.39. The zero-order valence-corrected chi connectivity index (χ0v) is 6.35. The van der Waals surface area contributed by atoms with E-state index in [1.54, 1.807) is 17.5 Å². The third kappa shape index (κ3) is 0.623. The lowest BCUT2D eigenvalue weighted by Crippen LogP contribution is -1.87. The third-order valence-corrected chi connectivity index (χ3v) is 2.27. The minimum absolute atomic E-state index is 0.708. The molecule has 0 spiro atoms. The van der Waals surface area contributed by atoms with E-state index < -0.39 is 0 Å². The van der Waals surface area contributed by atoms with Crippen LogP contribution in [0.3, 0.4) is 0 Å². The van der Waals surface area contributed by atoms with Gasteiger partial charge in [-0.15, -0.1) is 11.3 Å². The molecular weight excluding hydrogens is 146 g/mol. The number of nitrogen functional groups attached to an aromatic ring is 1. The molecule has 0 saturated heterocycles. The van der Waals surface area contributed by atoms with Gasteiger partial charge in [0.1, 0.15) is 5.82 Å². The number of hydrogen-bond donors (Lipinski definition) is 1. The van der Waals surface area contributed by atoms with E-state index in [-0.39, 0.29) is 0 Å². The summed E-state index contributed by atoms with van der Waals surface area (Å²) in [5.74, 6) is 0.708. The summed E-state index contributed by atoms with van der Waals surface area (Å²) in [5, 5.41) is 0. The minimum atomic E-state index is 0.708. The number of nitrogens with two attached hydrogens (primary N) is 1. The standard InChI is InChI=1S/C6H7N3S/c1-4-3-9-5(7)2-8-6(9)10-4/h2-3H,7H2,1H3. The molecule has 0 radical (unpaired) electrons. The van der Waals surface area contributed by atoms with Crippen LogP contribution in [0.4, 0.5) is 5.82 Å². The van der Waals surface area contributed by atoms with Gasteiger partial charge in [0.25, 0.3) is 0 Å². The number of aryl methyl sites for hydroxylation is 1. The van der Waals surface area contributed by atoms with E-state index in [0.29, 0.717) is 5.82 Å². The number of aromatic nitrogens is 2. The van der Waals surface area contributed by atoms with E-state index in [2.05, 4.69) is 4.98 Å². The Hall–Kier alpha value is -1.03. The molecule has 0 fully saturated rings. The molecule has 4 heteroatoms. The molecule has 2 heterocycles. The molecule has 10 heavy (non-hydrogen) atoms. The van der Waals surface area contributed by atoms with Gasteiger partial charge in [0.05, 0.1) is 6.20 Å². The average molecular weight is 153 g/mol. The van der Waals surface area contributed by atoms with Gasteiger partial charge in [0.2, 0.25) is 0 Å². The molecule has 3 nitrogen and oxygen atoms in total. The molecule has 0 aromatic carbocycles. The number of thiazole rings is 1. The molecule has 52 valence electrons. The molecule has 0 atom stereocenters. The quantitative estimate of drug-likeness (QED) is 0.619. The number of fused-ring (bicyclic) bond motifs is 1. The van der Waals surface area contributed by atoms with Crippen LogP contribution in [0.2, 0.25) is 0 Å². The molecular formula is C6H7N3S. The van der Waals surface area contributed by atoms with Crippen molar-refractivity contribution >= 4 is 22.1 Å². The average Bonchev–Trinajstić information content (AvgIpc) is 2.35. The van der Waals surface area contributed by atoms with Crippen molar-refractivity contribution in [2.75, 3.05) is 5.73 Å². The molecule has 0 aliphatic carbocycles. The van der Waals surface area contributed by atoms with Crippen molar-refractivity contribution in [1.82, 2.24) is 9.38 Å². The first-order chi connectivity index (χ1) is 4.77. The van der Waals surface area contributed by atoms with Crippen LogP contribution in [0.15, 0.2) is 12.4 Å².